The largest absolute Gasteiger partial charge is 0.465 e. The number of hydrogen-bond acceptors (Lipinski definition) is 6. The van der Waals surface area contributed by atoms with Crippen LogP contribution in [0.2, 0.25) is 5.02 Å². The summed E-state index contributed by atoms with van der Waals surface area (Å²) in [6, 6.07) is 12.1. The monoisotopic (exact) mass is 396 g/mol. The molecule has 0 aliphatic rings. The van der Waals surface area contributed by atoms with Gasteiger partial charge in [0, 0.05) is 10.7 Å². The minimum absolute atomic E-state index is 0.145. The van der Waals surface area contributed by atoms with Gasteiger partial charge in [0.1, 0.15) is 11.5 Å². The molecule has 0 bridgehead atoms. The Morgan fingerprint density at radius 2 is 1.75 bits per heavy atom. The van der Waals surface area contributed by atoms with Gasteiger partial charge in [-0.05, 0) is 36.8 Å². The normalized spacial score (nSPS) is 10.2. The van der Waals surface area contributed by atoms with Crippen LogP contribution in [0.5, 0.6) is 0 Å². The fourth-order valence-electron chi connectivity index (χ4n) is 2.46. The second-order valence-corrected chi connectivity index (χ2v) is 6.22. The Morgan fingerprint density at radius 3 is 2.46 bits per heavy atom. The van der Waals surface area contributed by atoms with Crippen molar-refractivity contribution in [2.75, 3.05) is 17.7 Å². The molecule has 3 rings (SSSR count). The van der Waals surface area contributed by atoms with Crippen LogP contribution in [0.25, 0.3) is 0 Å². The van der Waals surface area contributed by atoms with Gasteiger partial charge >= 0.3 is 5.97 Å². The molecule has 1 aromatic heterocycles. The zero-order valence-corrected chi connectivity index (χ0v) is 15.9. The van der Waals surface area contributed by atoms with E-state index in [1.165, 1.54) is 19.5 Å². The molecule has 7 nitrogen and oxygen atoms in total. The van der Waals surface area contributed by atoms with Crippen LogP contribution in [0.15, 0.2) is 54.9 Å². The lowest BCUT2D eigenvalue weighted by Crippen LogP contribution is -2.15. The summed E-state index contributed by atoms with van der Waals surface area (Å²) < 4.78 is 4.76. The van der Waals surface area contributed by atoms with Crippen LogP contribution in [0.4, 0.5) is 17.2 Å². The maximum atomic E-state index is 12.4. The van der Waals surface area contributed by atoms with E-state index in [0.717, 1.165) is 5.56 Å². The molecule has 0 atom stereocenters. The average molecular weight is 397 g/mol. The highest BCUT2D eigenvalue weighted by atomic mass is 35.5. The Hall–Kier alpha value is -3.45. The highest BCUT2D eigenvalue weighted by Gasteiger charge is 2.13. The number of nitrogens with one attached hydrogen (secondary N) is 2. The van der Waals surface area contributed by atoms with Gasteiger partial charge in [-0.3, -0.25) is 4.79 Å². The van der Waals surface area contributed by atoms with Crippen molar-refractivity contribution < 1.29 is 14.3 Å². The van der Waals surface area contributed by atoms with Gasteiger partial charge in [0.15, 0.2) is 0 Å². The zero-order chi connectivity index (χ0) is 20.1. The molecule has 8 heteroatoms. The molecule has 0 saturated carbocycles. The molecule has 3 aromatic rings. The van der Waals surface area contributed by atoms with Crippen molar-refractivity contribution in [3.8, 4) is 0 Å². The first kappa shape index (κ1) is 19.3. The lowest BCUT2D eigenvalue weighted by Gasteiger charge is -2.11. The van der Waals surface area contributed by atoms with Gasteiger partial charge in [0.05, 0.1) is 30.8 Å². The molecule has 0 saturated heterocycles. The summed E-state index contributed by atoms with van der Waals surface area (Å²) in [4.78, 5) is 32.5. The van der Waals surface area contributed by atoms with E-state index in [-0.39, 0.29) is 5.69 Å². The molecule has 1 heterocycles. The molecule has 0 spiro atoms. The third-order valence-corrected chi connectivity index (χ3v) is 4.40. The number of benzene rings is 2. The summed E-state index contributed by atoms with van der Waals surface area (Å²) in [7, 11) is 1.31. The summed E-state index contributed by atoms with van der Waals surface area (Å²) in [5.41, 5.74) is 2.41. The molecule has 2 N–H and O–H groups in total. The highest BCUT2D eigenvalue weighted by molar-refractivity contribution is 6.31. The van der Waals surface area contributed by atoms with Gasteiger partial charge < -0.3 is 15.4 Å². The molecule has 142 valence electrons. The molecule has 28 heavy (non-hydrogen) atoms. The lowest BCUT2D eigenvalue weighted by molar-refractivity contribution is 0.0601. The van der Waals surface area contributed by atoms with Crippen LogP contribution in [-0.4, -0.2) is 29.0 Å². The molecule has 1 amide bonds. The Bertz CT molecular complexity index is 1020. The number of carbonyl (C=O) groups is 2. The number of rotatable bonds is 5. The van der Waals surface area contributed by atoms with Gasteiger partial charge in [-0.2, -0.15) is 0 Å². The Balaban J connectivity index is 1.74. The van der Waals surface area contributed by atoms with E-state index in [1.54, 1.807) is 42.5 Å². The predicted octanol–water partition coefficient (Wildman–Crippen LogP) is 4.22. The number of ether oxygens (including phenoxy) is 1. The first-order valence-electron chi connectivity index (χ1n) is 8.32. The molecule has 0 radical (unpaired) electrons. The van der Waals surface area contributed by atoms with Crippen LogP contribution in [0, 0.1) is 6.92 Å². The number of para-hydroxylation sites is 1. The number of hydrogen-bond donors (Lipinski definition) is 2. The number of carbonyl (C=O) groups excluding carboxylic acids is 2. The van der Waals surface area contributed by atoms with E-state index in [0.29, 0.717) is 27.8 Å². The maximum absolute atomic E-state index is 12.4. The predicted molar refractivity (Wildman–Crippen MR) is 107 cm³/mol. The molecular formula is C20H17ClN4O3. The van der Waals surface area contributed by atoms with Crippen LogP contribution in [0.1, 0.15) is 26.4 Å². The number of anilines is 3. The number of methoxy groups -OCH3 is 1. The number of esters is 1. The maximum Gasteiger partial charge on any atom is 0.339 e. The minimum atomic E-state index is -0.469. The van der Waals surface area contributed by atoms with Gasteiger partial charge in [-0.1, -0.05) is 29.8 Å². The van der Waals surface area contributed by atoms with Crippen LogP contribution >= 0.6 is 11.6 Å². The Morgan fingerprint density at radius 1 is 1.00 bits per heavy atom. The van der Waals surface area contributed by atoms with E-state index >= 15 is 0 Å². The molecule has 0 fully saturated rings. The summed E-state index contributed by atoms with van der Waals surface area (Å²) in [6.07, 6.45) is 2.76. The first-order chi connectivity index (χ1) is 13.5. The SMILES string of the molecule is COC(=O)c1ccccc1Nc1cnc(C(=O)Nc2cccc(Cl)c2C)cn1. The van der Waals surface area contributed by atoms with Crippen LogP contribution in [0.3, 0.4) is 0 Å². The zero-order valence-electron chi connectivity index (χ0n) is 15.2. The fourth-order valence-corrected chi connectivity index (χ4v) is 2.63. The van der Waals surface area contributed by atoms with Crippen LogP contribution < -0.4 is 10.6 Å². The second kappa shape index (κ2) is 8.49. The highest BCUT2D eigenvalue weighted by Crippen LogP contribution is 2.23. The Kier molecular flexibility index (Phi) is 5.86. The molecule has 2 aromatic carbocycles. The molecule has 0 aliphatic carbocycles. The first-order valence-corrected chi connectivity index (χ1v) is 8.70. The van der Waals surface area contributed by atoms with E-state index in [1.807, 2.05) is 6.92 Å². The summed E-state index contributed by atoms with van der Waals surface area (Å²) in [6.45, 7) is 1.81. The lowest BCUT2D eigenvalue weighted by atomic mass is 10.2. The summed E-state index contributed by atoms with van der Waals surface area (Å²) >= 11 is 6.07. The topological polar surface area (TPSA) is 93.2 Å². The average Bonchev–Trinajstić information content (AvgIpc) is 2.71. The summed E-state index contributed by atoms with van der Waals surface area (Å²) in [5, 5.41) is 6.32. The molecule has 0 unspecified atom stereocenters. The van der Waals surface area contributed by atoms with Crippen molar-refractivity contribution in [3.63, 3.8) is 0 Å². The quantitative estimate of drug-likeness (QED) is 0.627. The van der Waals surface area contributed by atoms with Crippen molar-refractivity contribution in [2.24, 2.45) is 0 Å². The minimum Gasteiger partial charge on any atom is -0.465 e. The number of halogens is 1. The third kappa shape index (κ3) is 4.27. The van der Waals surface area contributed by atoms with E-state index in [9.17, 15) is 9.59 Å². The molecular weight excluding hydrogens is 380 g/mol. The van der Waals surface area contributed by atoms with Crippen LogP contribution in [-0.2, 0) is 4.74 Å². The smallest absolute Gasteiger partial charge is 0.339 e. The molecule has 0 aliphatic heterocycles. The number of aromatic nitrogens is 2. The van der Waals surface area contributed by atoms with Gasteiger partial charge in [-0.25, -0.2) is 14.8 Å². The Labute approximate surface area is 166 Å². The summed E-state index contributed by atoms with van der Waals surface area (Å²) in [5.74, 6) is -0.491. The van der Waals surface area contributed by atoms with Crippen molar-refractivity contribution in [3.05, 3.63) is 76.7 Å². The van der Waals surface area contributed by atoms with Crippen molar-refractivity contribution >= 4 is 40.7 Å². The van der Waals surface area contributed by atoms with E-state index in [4.69, 9.17) is 16.3 Å². The third-order valence-electron chi connectivity index (χ3n) is 4.00. The van der Waals surface area contributed by atoms with Crippen molar-refractivity contribution in [1.82, 2.24) is 9.97 Å². The van der Waals surface area contributed by atoms with Gasteiger partial charge in [0.25, 0.3) is 5.91 Å². The van der Waals surface area contributed by atoms with Gasteiger partial charge in [-0.15, -0.1) is 0 Å². The van der Waals surface area contributed by atoms with Crippen molar-refractivity contribution in [2.45, 2.75) is 6.92 Å². The second-order valence-electron chi connectivity index (χ2n) is 5.82. The number of amides is 1. The number of nitrogens with zero attached hydrogens (tertiary/aromatic N) is 2. The van der Waals surface area contributed by atoms with Gasteiger partial charge in [0.2, 0.25) is 0 Å². The fraction of sp³-hybridized carbons (Fsp3) is 0.100. The van der Waals surface area contributed by atoms with Crippen molar-refractivity contribution in [1.29, 1.82) is 0 Å². The van der Waals surface area contributed by atoms with E-state index < -0.39 is 11.9 Å². The standard InChI is InChI=1S/C20H17ClN4O3/c1-12-14(21)7-5-9-15(12)25-19(26)17-10-23-18(11-22-17)24-16-8-4-3-6-13(16)20(27)28-2/h3-11H,1-2H3,(H,23,24)(H,25,26). The van der Waals surface area contributed by atoms with E-state index in [2.05, 4.69) is 20.6 Å².